The van der Waals surface area contributed by atoms with Gasteiger partial charge in [0.25, 0.3) is 0 Å². The molecule has 0 aliphatic heterocycles. The van der Waals surface area contributed by atoms with Crippen LogP contribution in [0.2, 0.25) is 0 Å². The summed E-state index contributed by atoms with van der Waals surface area (Å²) < 4.78 is 1.27. The first kappa shape index (κ1) is 8.73. The number of hydrogen-bond acceptors (Lipinski definition) is 1. The SMILES string of the molecule is Cc1ccc(-c2c[se]c(C)n2)cc1. The first-order chi connectivity index (χ1) is 6.25. The Bertz CT molecular complexity index is 400. The minimum absolute atomic E-state index is 0.486. The molecule has 0 aliphatic carbocycles. The van der Waals surface area contributed by atoms with Gasteiger partial charge in [-0.1, -0.05) is 0 Å². The average Bonchev–Trinajstić information content (AvgIpc) is 2.53. The maximum absolute atomic E-state index is 4.49. The summed E-state index contributed by atoms with van der Waals surface area (Å²) in [5, 5.41) is 0. The van der Waals surface area contributed by atoms with E-state index in [4.69, 9.17) is 0 Å². The molecule has 66 valence electrons. The van der Waals surface area contributed by atoms with Gasteiger partial charge in [-0.25, -0.2) is 0 Å². The number of hydrogen-bond donors (Lipinski definition) is 0. The molecular weight excluding hydrogens is 225 g/mol. The molecule has 0 spiro atoms. The predicted octanol–water partition coefficient (Wildman–Crippen LogP) is 2.42. The molecule has 0 saturated heterocycles. The first-order valence-corrected chi connectivity index (χ1v) is 6.09. The predicted molar refractivity (Wildman–Crippen MR) is 56.1 cm³/mol. The van der Waals surface area contributed by atoms with Crippen LogP contribution in [0.1, 0.15) is 10.1 Å². The Morgan fingerprint density at radius 3 is 2.31 bits per heavy atom. The van der Waals surface area contributed by atoms with Crippen molar-refractivity contribution >= 4 is 14.5 Å². The van der Waals surface area contributed by atoms with Crippen molar-refractivity contribution < 1.29 is 0 Å². The zero-order valence-corrected chi connectivity index (χ0v) is 9.46. The van der Waals surface area contributed by atoms with E-state index in [2.05, 4.69) is 48.0 Å². The van der Waals surface area contributed by atoms with E-state index < -0.39 is 0 Å². The van der Waals surface area contributed by atoms with Crippen LogP contribution in [0.4, 0.5) is 0 Å². The summed E-state index contributed by atoms with van der Waals surface area (Å²) in [6.07, 6.45) is 0. The van der Waals surface area contributed by atoms with Gasteiger partial charge in [0.15, 0.2) is 0 Å². The van der Waals surface area contributed by atoms with Crippen LogP contribution in [0.3, 0.4) is 0 Å². The summed E-state index contributed by atoms with van der Waals surface area (Å²) >= 11 is 0.486. The van der Waals surface area contributed by atoms with Crippen LogP contribution in [0.15, 0.2) is 29.2 Å². The van der Waals surface area contributed by atoms with Crippen molar-refractivity contribution in [3.8, 4) is 11.3 Å². The topological polar surface area (TPSA) is 12.9 Å². The molecule has 1 heterocycles. The normalized spacial score (nSPS) is 10.3. The Kier molecular flexibility index (Phi) is 2.34. The summed E-state index contributed by atoms with van der Waals surface area (Å²) in [6.45, 7) is 4.20. The molecular formula is C11H11NSe. The summed E-state index contributed by atoms with van der Waals surface area (Å²) in [6, 6.07) is 8.54. The molecule has 0 N–H and O–H groups in total. The van der Waals surface area contributed by atoms with Gasteiger partial charge in [-0.2, -0.15) is 0 Å². The average molecular weight is 236 g/mol. The van der Waals surface area contributed by atoms with Crippen molar-refractivity contribution in [2.45, 2.75) is 13.8 Å². The van der Waals surface area contributed by atoms with Gasteiger partial charge in [-0.05, 0) is 0 Å². The second-order valence-electron chi connectivity index (χ2n) is 3.12. The Morgan fingerprint density at radius 1 is 1.08 bits per heavy atom. The maximum atomic E-state index is 4.49. The molecule has 0 bridgehead atoms. The van der Waals surface area contributed by atoms with E-state index in [1.807, 2.05) is 0 Å². The number of rotatable bonds is 1. The molecule has 1 aromatic heterocycles. The third-order valence-electron chi connectivity index (χ3n) is 1.97. The van der Waals surface area contributed by atoms with Crippen LogP contribution >= 0.6 is 0 Å². The second-order valence-corrected chi connectivity index (χ2v) is 5.35. The molecule has 0 unspecified atom stereocenters. The molecule has 2 rings (SSSR count). The van der Waals surface area contributed by atoms with Gasteiger partial charge in [-0.15, -0.1) is 0 Å². The van der Waals surface area contributed by atoms with Crippen LogP contribution in [0.5, 0.6) is 0 Å². The summed E-state index contributed by atoms with van der Waals surface area (Å²) in [7, 11) is 0. The number of benzene rings is 1. The van der Waals surface area contributed by atoms with Gasteiger partial charge >= 0.3 is 83.9 Å². The molecule has 2 aromatic rings. The zero-order chi connectivity index (χ0) is 9.26. The first-order valence-electron chi connectivity index (χ1n) is 4.25. The van der Waals surface area contributed by atoms with Gasteiger partial charge < -0.3 is 0 Å². The second kappa shape index (κ2) is 3.49. The summed E-state index contributed by atoms with van der Waals surface area (Å²) in [5.74, 6) is 0. The zero-order valence-electron chi connectivity index (χ0n) is 7.74. The standard InChI is InChI=1S/C11H11NSe/c1-8-3-5-10(6-4-8)11-7-13-9(2)12-11/h3-7H,1-2H3. The van der Waals surface area contributed by atoms with Crippen molar-refractivity contribution in [3.63, 3.8) is 0 Å². The van der Waals surface area contributed by atoms with Gasteiger partial charge in [0, 0.05) is 0 Å². The number of aryl methyl sites for hydroxylation is 2. The Labute approximate surface area is 84.2 Å². The van der Waals surface area contributed by atoms with E-state index in [0.29, 0.717) is 14.5 Å². The van der Waals surface area contributed by atoms with Crippen LogP contribution in [-0.4, -0.2) is 19.5 Å². The van der Waals surface area contributed by atoms with E-state index >= 15 is 0 Å². The Morgan fingerprint density at radius 2 is 1.77 bits per heavy atom. The Hall–Kier alpha value is -0.851. The fourth-order valence-corrected chi connectivity index (χ4v) is 2.53. The van der Waals surface area contributed by atoms with E-state index in [0.717, 1.165) is 5.69 Å². The van der Waals surface area contributed by atoms with Crippen molar-refractivity contribution in [2.24, 2.45) is 0 Å². The van der Waals surface area contributed by atoms with Crippen LogP contribution in [0, 0.1) is 13.8 Å². The van der Waals surface area contributed by atoms with E-state index in [1.165, 1.54) is 15.7 Å². The van der Waals surface area contributed by atoms with E-state index in [1.54, 1.807) is 0 Å². The molecule has 0 aliphatic rings. The van der Waals surface area contributed by atoms with E-state index in [9.17, 15) is 0 Å². The van der Waals surface area contributed by atoms with Crippen LogP contribution < -0.4 is 0 Å². The molecule has 1 aromatic carbocycles. The molecule has 0 saturated carbocycles. The Balaban J connectivity index is 2.41. The van der Waals surface area contributed by atoms with Crippen LogP contribution in [0.25, 0.3) is 11.3 Å². The molecule has 0 amide bonds. The molecule has 0 fully saturated rings. The van der Waals surface area contributed by atoms with Gasteiger partial charge in [0.05, 0.1) is 0 Å². The third kappa shape index (κ3) is 1.90. The monoisotopic (exact) mass is 237 g/mol. The van der Waals surface area contributed by atoms with Gasteiger partial charge in [0.1, 0.15) is 0 Å². The third-order valence-corrected chi connectivity index (χ3v) is 3.59. The fraction of sp³-hybridized carbons (Fsp3) is 0.182. The number of aromatic nitrogens is 1. The summed E-state index contributed by atoms with van der Waals surface area (Å²) in [4.78, 5) is 6.74. The van der Waals surface area contributed by atoms with Gasteiger partial charge in [0.2, 0.25) is 0 Å². The molecule has 1 nitrogen and oxygen atoms in total. The van der Waals surface area contributed by atoms with Crippen molar-refractivity contribution in [3.05, 3.63) is 39.3 Å². The summed E-state index contributed by atoms with van der Waals surface area (Å²) in [5.41, 5.74) is 3.69. The van der Waals surface area contributed by atoms with Crippen molar-refractivity contribution in [1.82, 2.24) is 4.98 Å². The van der Waals surface area contributed by atoms with Gasteiger partial charge in [-0.3, -0.25) is 0 Å². The quantitative estimate of drug-likeness (QED) is 0.693. The molecule has 0 radical (unpaired) electrons. The van der Waals surface area contributed by atoms with Crippen LogP contribution in [-0.2, 0) is 0 Å². The number of nitrogens with zero attached hydrogens (tertiary/aromatic N) is 1. The molecule has 13 heavy (non-hydrogen) atoms. The fourth-order valence-electron chi connectivity index (χ4n) is 1.22. The molecule has 2 heteroatoms. The van der Waals surface area contributed by atoms with E-state index in [-0.39, 0.29) is 0 Å². The molecule has 0 atom stereocenters. The minimum atomic E-state index is 0.486. The van der Waals surface area contributed by atoms with Crippen molar-refractivity contribution in [2.75, 3.05) is 0 Å². The van der Waals surface area contributed by atoms with Crippen molar-refractivity contribution in [1.29, 1.82) is 0 Å².